The van der Waals surface area contributed by atoms with E-state index in [4.69, 9.17) is 18.9 Å². The molecule has 4 atom stereocenters. The summed E-state index contributed by atoms with van der Waals surface area (Å²) in [7, 11) is 0. The predicted molar refractivity (Wildman–Crippen MR) is 72.5 cm³/mol. The Hall–Kier alpha value is -1.95. The minimum atomic E-state index is -0.745. The van der Waals surface area contributed by atoms with Gasteiger partial charge in [-0.15, -0.1) is 0 Å². The Labute approximate surface area is 123 Å². The molecule has 0 bridgehead atoms. The molecule has 3 aliphatic heterocycles. The third-order valence-electron chi connectivity index (χ3n) is 3.63. The van der Waals surface area contributed by atoms with Crippen molar-refractivity contribution < 1.29 is 23.7 Å². The first-order chi connectivity index (χ1) is 10.1. The summed E-state index contributed by atoms with van der Waals surface area (Å²) in [4.78, 5) is 11.0. The minimum absolute atomic E-state index is 0.0702. The molecule has 21 heavy (non-hydrogen) atoms. The van der Waals surface area contributed by atoms with Crippen molar-refractivity contribution in [3.63, 3.8) is 0 Å². The van der Waals surface area contributed by atoms with Crippen LogP contribution in [0.1, 0.15) is 26.7 Å². The molecule has 0 radical (unpaired) electrons. The summed E-state index contributed by atoms with van der Waals surface area (Å²) in [6, 6.07) is 0. The number of carbonyl (C=O) groups is 1. The van der Waals surface area contributed by atoms with Gasteiger partial charge in [0.15, 0.2) is 6.10 Å². The lowest BCUT2D eigenvalue weighted by atomic mass is 10.0. The second-order valence-electron chi connectivity index (χ2n) is 5.16. The molecule has 3 aliphatic rings. The Balaban J connectivity index is 1.63. The van der Waals surface area contributed by atoms with Gasteiger partial charge >= 0.3 is 5.97 Å². The number of epoxide rings is 1. The summed E-state index contributed by atoms with van der Waals surface area (Å²) in [6.45, 7) is 3.46. The second-order valence-corrected chi connectivity index (χ2v) is 5.16. The molecule has 0 unspecified atom stereocenters. The molecule has 0 aliphatic carbocycles. The molecule has 3 fully saturated rings. The second kappa shape index (κ2) is 5.44. The van der Waals surface area contributed by atoms with Crippen LogP contribution in [0.4, 0.5) is 0 Å². The number of rotatable bonds is 1. The van der Waals surface area contributed by atoms with Crippen LogP contribution in [-0.2, 0) is 23.7 Å². The van der Waals surface area contributed by atoms with E-state index in [1.807, 2.05) is 0 Å². The molecule has 5 nitrogen and oxygen atoms in total. The van der Waals surface area contributed by atoms with Crippen molar-refractivity contribution in [1.82, 2.24) is 0 Å². The van der Waals surface area contributed by atoms with Gasteiger partial charge in [-0.25, -0.2) is 0 Å². The van der Waals surface area contributed by atoms with E-state index in [2.05, 4.69) is 23.7 Å². The number of hydrogen-bond acceptors (Lipinski definition) is 5. The first-order valence-electron chi connectivity index (χ1n) is 6.92. The fourth-order valence-corrected chi connectivity index (χ4v) is 2.68. The van der Waals surface area contributed by atoms with Gasteiger partial charge in [-0.3, -0.25) is 4.79 Å². The normalized spacial score (nSPS) is 37.6. The molecule has 0 aromatic heterocycles. The topological polar surface area (TPSA) is 57.3 Å². The summed E-state index contributed by atoms with van der Waals surface area (Å²) in [5, 5.41) is 0. The Morgan fingerprint density at radius 3 is 3.00 bits per heavy atom. The molecule has 0 N–H and O–H groups in total. The van der Waals surface area contributed by atoms with E-state index in [1.54, 1.807) is 13.0 Å². The Morgan fingerprint density at radius 2 is 2.33 bits per heavy atom. The van der Waals surface area contributed by atoms with Gasteiger partial charge in [0.2, 0.25) is 5.79 Å². The van der Waals surface area contributed by atoms with Crippen LogP contribution in [-0.4, -0.2) is 36.7 Å². The van der Waals surface area contributed by atoms with Gasteiger partial charge in [-0.2, -0.15) is 0 Å². The van der Waals surface area contributed by atoms with E-state index >= 15 is 0 Å². The van der Waals surface area contributed by atoms with Crippen molar-refractivity contribution in [3.05, 3.63) is 11.8 Å². The molecule has 5 heteroatoms. The smallest absolute Gasteiger partial charge is 0.302 e. The van der Waals surface area contributed by atoms with Crippen LogP contribution in [0.3, 0.4) is 0 Å². The van der Waals surface area contributed by atoms with Crippen LogP contribution in [0, 0.1) is 23.7 Å². The van der Waals surface area contributed by atoms with Crippen LogP contribution in [0.15, 0.2) is 11.8 Å². The van der Waals surface area contributed by atoms with E-state index in [9.17, 15) is 4.79 Å². The molecule has 0 aromatic carbocycles. The molecule has 3 saturated heterocycles. The maximum atomic E-state index is 11.0. The molecule has 0 amide bonds. The number of fused-ring (bicyclic) bond motifs is 2. The van der Waals surface area contributed by atoms with E-state index in [0.29, 0.717) is 25.2 Å². The number of esters is 1. The van der Waals surface area contributed by atoms with Crippen molar-refractivity contribution in [1.29, 1.82) is 0 Å². The van der Waals surface area contributed by atoms with Gasteiger partial charge in [-0.1, -0.05) is 11.8 Å². The summed E-state index contributed by atoms with van der Waals surface area (Å²) >= 11 is 0. The highest BCUT2D eigenvalue weighted by molar-refractivity contribution is 5.66. The first kappa shape index (κ1) is 14.0. The van der Waals surface area contributed by atoms with Crippen LogP contribution >= 0.6 is 0 Å². The summed E-state index contributed by atoms with van der Waals surface area (Å²) < 4.78 is 22.5. The first-order valence-corrected chi connectivity index (χ1v) is 6.92. The third-order valence-corrected chi connectivity index (χ3v) is 3.63. The molecular weight excluding hydrogens is 272 g/mol. The Bertz CT molecular complexity index is 590. The fraction of sp³-hybridized carbons (Fsp3) is 0.562. The fourth-order valence-electron chi connectivity index (χ4n) is 2.68. The average Bonchev–Trinajstić information content (AvgIpc) is 3.20. The van der Waals surface area contributed by atoms with Crippen molar-refractivity contribution in [3.8, 4) is 23.7 Å². The van der Waals surface area contributed by atoms with Crippen LogP contribution in [0.2, 0.25) is 0 Å². The molecule has 1 spiro atoms. The van der Waals surface area contributed by atoms with Gasteiger partial charge in [0.05, 0.1) is 6.61 Å². The van der Waals surface area contributed by atoms with Gasteiger partial charge in [0.1, 0.15) is 18.0 Å². The van der Waals surface area contributed by atoms with E-state index < -0.39 is 5.79 Å². The maximum absolute atomic E-state index is 11.0. The van der Waals surface area contributed by atoms with Gasteiger partial charge in [0.25, 0.3) is 0 Å². The summed E-state index contributed by atoms with van der Waals surface area (Å²) in [5.74, 6) is 10.5. The van der Waals surface area contributed by atoms with Crippen molar-refractivity contribution in [2.75, 3.05) is 6.61 Å². The lowest BCUT2D eigenvalue weighted by Crippen LogP contribution is -2.46. The number of carbonyl (C=O) groups excluding carboxylic acids is 1. The lowest BCUT2D eigenvalue weighted by Gasteiger charge is -2.36. The van der Waals surface area contributed by atoms with Gasteiger partial charge < -0.3 is 18.9 Å². The highest BCUT2D eigenvalue weighted by Crippen LogP contribution is 2.52. The number of allylic oxidation sites excluding steroid dienone is 1. The standard InChI is InChI=1S/C16H16O5/c1-3-4-5-6-7-13-14-15(20-14)16(21-13)9-8-12(10-18-16)19-11(2)17/h7,12,14-15H,8-10H2,1-2H3/b13-7+/t12-,14+,15+,16-/m0/s1. The zero-order chi connectivity index (χ0) is 14.9. The molecule has 3 heterocycles. The number of ether oxygens (including phenoxy) is 4. The molecule has 3 rings (SSSR count). The predicted octanol–water partition coefficient (Wildman–Crippen LogP) is 1.13. The van der Waals surface area contributed by atoms with Gasteiger partial charge in [0, 0.05) is 19.4 Å². The van der Waals surface area contributed by atoms with Crippen molar-refractivity contribution in [2.45, 2.75) is 50.8 Å². The minimum Gasteiger partial charge on any atom is -0.460 e. The SMILES string of the molecule is CC#CC#C/C=C1/O[C@@]2(CC[C@H](OC(C)=O)CO2)[C@@H]2O[C@H]12. The van der Waals surface area contributed by atoms with Crippen LogP contribution in [0.5, 0.6) is 0 Å². The molecule has 0 aromatic rings. The third kappa shape index (κ3) is 2.76. The van der Waals surface area contributed by atoms with E-state index in [0.717, 1.165) is 0 Å². The van der Waals surface area contributed by atoms with Crippen LogP contribution in [0.25, 0.3) is 0 Å². The van der Waals surface area contributed by atoms with Crippen LogP contribution < -0.4 is 0 Å². The zero-order valence-electron chi connectivity index (χ0n) is 12.0. The van der Waals surface area contributed by atoms with E-state index in [1.165, 1.54) is 6.92 Å². The van der Waals surface area contributed by atoms with Crippen molar-refractivity contribution >= 4 is 5.97 Å². The Kier molecular flexibility index (Phi) is 3.63. The highest BCUT2D eigenvalue weighted by Gasteiger charge is 2.67. The molecule has 110 valence electrons. The van der Waals surface area contributed by atoms with E-state index in [-0.39, 0.29) is 24.3 Å². The zero-order valence-corrected chi connectivity index (χ0v) is 12.0. The Morgan fingerprint density at radius 1 is 1.48 bits per heavy atom. The maximum Gasteiger partial charge on any atom is 0.302 e. The van der Waals surface area contributed by atoms with Gasteiger partial charge in [-0.05, 0) is 25.2 Å². The average molecular weight is 288 g/mol. The monoisotopic (exact) mass is 288 g/mol. The molecule has 0 saturated carbocycles. The van der Waals surface area contributed by atoms with Crippen molar-refractivity contribution in [2.24, 2.45) is 0 Å². The summed E-state index contributed by atoms with van der Waals surface area (Å²) in [5.41, 5.74) is 0. The highest BCUT2D eigenvalue weighted by atomic mass is 16.8. The summed E-state index contributed by atoms with van der Waals surface area (Å²) in [6.07, 6.45) is 2.66. The number of hydrogen-bond donors (Lipinski definition) is 0. The lowest BCUT2D eigenvalue weighted by molar-refractivity contribution is -0.260. The quantitative estimate of drug-likeness (QED) is 0.411. The molecular formula is C16H16O5. The largest absolute Gasteiger partial charge is 0.460 e.